The summed E-state index contributed by atoms with van der Waals surface area (Å²) in [4.78, 5) is 7.20. The summed E-state index contributed by atoms with van der Waals surface area (Å²) in [6.45, 7) is 4.19. The number of halogens is 1. The first-order chi connectivity index (χ1) is 13.7. The van der Waals surface area contributed by atoms with Gasteiger partial charge >= 0.3 is 0 Å². The van der Waals surface area contributed by atoms with Gasteiger partial charge in [0, 0.05) is 43.3 Å². The van der Waals surface area contributed by atoms with Crippen molar-refractivity contribution in [3.8, 4) is 6.07 Å². The van der Waals surface area contributed by atoms with Gasteiger partial charge in [0.15, 0.2) is 5.58 Å². The summed E-state index contributed by atoms with van der Waals surface area (Å²) >= 11 is 3.63. The monoisotopic (exact) mass is 446 g/mol. The Morgan fingerprint density at radius 2 is 1.93 bits per heavy atom. The highest BCUT2D eigenvalue weighted by Gasteiger charge is 2.26. The van der Waals surface area contributed by atoms with Gasteiger partial charge in [0.05, 0.1) is 10.7 Å². The lowest BCUT2D eigenvalue weighted by Crippen LogP contribution is -2.41. The van der Waals surface area contributed by atoms with E-state index in [1.807, 2.05) is 6.07 Å². The van der Waals surface area contributed by atoms with E-state index in [0.29, 0.717) is 23.4 Å². The highest BCUT2D eigenvalue weighted by atomic mass is 79.9. The van der Waals surface area contributed by atoms with Crippen LogP contribution in [0.1, 0.15) is 50.7 Å². The van der Waals surface area contributed by atoms with Crippen molar-refractivity contribution in [3.63, 3.8) is 0 Å². The van der Waals surface area contributed by atoms with E-state index in [2.05, 4.69) is 31.1 Å². The SMILES string of the molecule is N#Cc1cc2c(Br)c(NC3CCC(N4CCCCOCCC4)CC3)ncc2o1. The first-order valence-electron chi connectivity index (χ1n) is 10.3. The number of furan rings is 1. The van der Waals surface area contributed by atoms with Gasteiger partial charge in [-0.3, -0.25) is 0 Å². The molecular formula is C21H27BrN4O2. The van der Waals surface area contributed by atoms with Gasteiger partial charge in [0.2, 0.25) is 5.76 Å². The quantitative estimate of drug-likeness (QED) is 0.736. The van der Waals surface area contributed by atoms with Crippen molar-refractivity contribution in [2.45, 2.75) is 57.0 Å². The smallest absolute Gasteiger partial charge is 0.204 e. The Morgan fingerprint density at radius 3 is 2.75 bits per heavy atom. The average molecular weight is 447 g/mol. The molecule has 2 aliphatic rings. The van der Waals surface area contributed by atoms with Crippen LogP contribution in [0.2, 0.25) is 0 Å². The summed E-state index contributed by atoms with van der Waals surface area (Å²) < 4.78 is 12.0. The van der Waals surface area contributed by atoms with Crippen LogP contribution >= 0.6 is 15.9 Å². The molecule has 150 valence electrons. The molecule has 0 unspecified atom stereocenters. The molecule has 7 heteroatoms. The maximum absolute atomic E-state index is 9.03. The zero-order chi connectivity index (χ0) is 19.3. The van der Waals surface area contributed by atoms with Crippen molar-refractivity contribution in [1.29, 1.82) is 5.26 Å². The van der Waals surface area contributed by atoms with Crippen LogP contribution in [0.5, 0.6) is 0 Å². The molecule has 1 N–H and O–H groups in total. The van der Waals surface area contributed by atoms with Crippen LogP contribution in [0, 0.1) is 11.3 Å². The number of rotatable bonds is 3. The first kappa shape index (κ1) is 19.7. The Bertz CT molecular complexity index is 829. The summed E-state index contributed by atoms with van der Waals surface area (Å²) in [5, 5.41) is 13.5. The van der Waals surface area contributed by atoms with Crippen molar-refractivity contribution in [2.24, 2.45) is 0 Å². The Labute approximate surface area is 174 Å². The van der Waals surface area contributed by atoms with Crippen molar-refractivity contribution >= 4 is 32.7 Å². The third kappa shape index (κ3) is 4.51. The number of pyridine rings is 1. The number of fused-ring (bicyclic) bond motifs is 1. The number of aromatic nitrogens is 1. The summed E-state index contributed by atoms with van der Waals surface area (Å²) in [5.74, 6) is 1.14. The molecule has 2 fully saturated rings. The van der Waals surface area contributed by atoms with Crippen LogP contribution in [0.4, 0.5) is 5.82 Å². The minimum atomic E-state index is 0.310. The lowest BCUT2D eigenvalue weighted by molar-refractivity contribution is 0.121. The standard InChI is InChI=1S/C21H27BrN4O2/c22-20-18-12-17(13-23)28-19(18)14-24-21(20)25-15-4-6-16(7-5-15)26-8-1-2-10-27-11-3-9-26/h12,14-16H,1-11H2,(H,24,25). The molecule has 1 saturated heterocycles. The summed E-state index contributed by atoms with van der Waals surface area (Å²) in [6.07, 6.45) is 10.0. The molecule has 0 atom stereocenters. The van der Waals surface area contributed by atoms with E-state index in [0.717, 1.165) is 54.7 Å². The molecule has 0 aromatic carbocycles. The number of hydrogen-bond acceptors (Lipinski definition) is 6. The predicted molar refractivity (Wildman–Crippen MR) is 112 cm³/mol. The Hall–Kier alpha value is -1.62. The molecule has 28 heavy (non-hydrogen) atoms. The lowest BCUT2D eigenvalue weighted by Gasteiger charge is -2.37. The van der Waals surface area contributed by atoms with Gasteiger partial charge in [-0.25, -0.2) is 4.98 Å². The zero-order valence-corrected chi connectivity index (χ0v) is 17.7. The summed E-state index contributed by atoms with van der Waals surface area (Å²) in [6, 6.07) is 4.93. The van der Waals surface area contributed by atoms with Gasteiger partial charge in [-0.05, 0) is 67.4 Å². The van der Waals surface area contributed by atoms with E-state index in [-0.39, 0.29) is 0 Å². The lowest BCUT2D eigenvalue weighted by atomic mass is 9.89. The number of anilines is 1. The molecule has 2 aromatic rings. The van der Waals surface area contributed by atoms with Crippen molar-refractivity contribution in [3.05, 3.63) is 22.5 Å². The molecule has 0 radical (unpaired) electrons. The van der Waals surface area contributed by atoms with E-state index < -0.39 is 0 Å². The molecule has 4 rings (SSSR count). The fourth-order valence-electron chi connectivity index (χ4n) is 4.38. The molecule has 1 aliphatic heterocycles. The molecule has 0 bridgehead atoms. The van der Waals surface area contributed by atoms with Crippen LogP contribution in [-0.2, 0) is 4.74 Å². The molecule has 3 heterocycles. The Balaban J connectivity index is 1.36. The second kappa shape index (κ2) is 9.25. The van der Waals surface area contributed by atoms with Crippen molar-refractivity contribution in [2.75, 3.05) is 31.6 Å². The molecule has 6 nitrogen and oxygen atoms in total. The number of nitrogens with one attached hydrogen (secondary N) is 1. The number of nitrogens with zero attached hydrogens (tertiary/aromatic N) is 3. The maximum atomic E-state index is 9.03. The van der Waals surface area contributed by atoms with Gasteiger partial charge in [-0.2, -0.15) is 5.26 Å². The minimum Gasteiger partial charge on any atom is -0.444 e. The number of nitriles is 1. The molecule has 0 spiro atoms. The van der Waals surface area contributed by atoms with Crippen molar-refractivity contribution < 1.29 is 9.15 Å². The van der Waals surface area contributed by atoms with E-state index in [9.17, 15) is 0 Å². The largest absolute Gasteiger partial charge is 0.444 e. The third-order valence-corrected chi connectivity index (χ3v) is 6.70. The van der Waals surface area contributed by atoms with E-state index in [4.69, 9.17) is 14.4 Å². The molecule has 2 aromatic heterocycles. The summed E-state index contributed by atoms with van der Waals surface area (Å²) in [5.41, 5.74) is 0.634. The zero-order valence-electron chi connectivity index (χ0n) is 16.1. The Morgan fingerprint density at radius 1 is 1.14 bits per heavy atom. The van der Waals surface area contributed by atoms with Gasteiger partial charge in [0.25, 0.3) is 0 Å². The normalized spacial score (nSPS) is 24.9. The second-order valence-corrected chi connectivity index (χ2v) is 8.57. The third-order valence-electron chi connectivity index (χ3n) is 5.90. The fourth-order valence-corrected chi connectivity index (χ4v) is 4.91. The van der Waals surface area contributed by atoms with Crippen LogP contribution in [0.3, 0.4) is 0 Å². The Kier molecular flexibility index (Phi) is 6.50. The predicted octanol–water partition coefficient (Wildman–Crippen LogP) is 4.69. The number of hydrogen-bond donors (Lipinski definition) is 1. The first-order valence-corrected chi connectivity index (χ1v) is 11.1. The maximum Gasteiger partial charge on any atom is 0.204 e. The van der Waals surface area contributed by atoms with Crippen LogP contribution < -0.4 is 5.32 Å². The highest BCUT2D eigenvalue weighted by molar-refractivity contribution is 9.10. The van der Waals surface area contributed by atoms with E-state index in [1.54, 1.807) is 12.3 Å². The van der Waals surface area contributed by atoms with Crippen LogP contribution in [-0.4, -0.2) is 48.3 Å². The molecule has 1 saturated carbocycles. The topological polar surface area (TPSA) is 74.3 Å². The number of ether oxygens (including phenoxy) is 1. The molecular weight excluding hydrogens is 420 g/mol. The average Bonchev–Trinajstić information content (AvgIpc) is 3.20. The van der Waals surface area contributed by atoms with Crippen molar-refractivity contribution in [1.82, 2.24) is 9.88 Å². The second-order valence-electron chi connectivity index (χ2n) is 7.78. The van der Waals surface area contributed by atoms with Crippen LogP contribution in [0.15, 0.2) is 21.2 Å². The summed E-state index contributed by atoms with van der Waals surface area (Å²) in [7, 11) is 0. The van der Waals surface area contributed by atoms with E-state index >= 15 is 0 Å². The van der Waals surface area contributed by atoms with E-state index in [1.165, 1.54) is 32.2 Å². The fraction of sp³-hybridized carbons (Fsp3) is 0.619. The van der Waals surface area contributed by atoms with Crippen LogP contribution in [0.25, 0.3) is 11.0 Å². The minimum absolute atomic E-state index is 0.310. The highest BCUT2D eigenvalue weighted by Crippen LogP contribution is 2.33. The van der Waals surface area contributed by atoms with Gasteiger partial charge in [0.1, 0.15) is 11.9 Å². The van der Waals surface area contributed by atoms with Gasteiger partial charge in [-0.1, -0.05) is 0 Å². The van der Waals surface area contributed by atoms with Gasteiger partial charge < -0.3 is 19.4 Å². The molecule has 1 aliphatic carbocycles. The molecule has 0 amide bonds. The van der Waals surface area contributed by atoms with Gasteiger partial charge in [-0.15, -0.1) is 0 Å².